The normalized spacial score (nSPS) is 15.4. The molecule has 2 aromatic heterocycles. The Labute approximate surface area is 227 Å². The maximum Gasteiger partial charge on any atom is 0.155 e. The molecule has 5 heteroatoms. The van der Waals surface area contributed by atoms with Crippen LogP contribution >= 0.6 is 0 Å². The van der Waals surface area contributed by atoms with Crippen molar-refractivity contribution in [1.82, 2.24) is 9.38 Å². The number of pyridine rings is 1. The van der Waals surface area contributed by atoms with Crippen molar-refractivity contribution in [3.8, 4) is 11.3 Å². The molecule has 0 unspecified atom stereocenters. The van der Waals surface area contributed by atoms with Crippen molar-refractivity contribution < 1.29 is 43.7 Å². The van der Waals surface area contributed by atoms with Crippen LogP contribution in [0.5, 0.6) is 0 Å². The average molecular weight is 638 g/mol. The summed E-state index contributed by atoms with van der Waals surface area (Å²) in [6.07, 6.45) is 0.894. The fourth-order valence-corrected chi connectivity index (χ4v) is 3.65. The van der Waals surface area contributed by atoms with Gasteiger partial charge in [-0.2, -0.15) is 0 Å². The molecule has 0 aliphatic heterocycles. The molecule has 175 valence electrons. The predicted octanol–water partition coefficient (Wildman–Crippen LogP) is 7.07. The van der Waals surface area contributed by atoms with Crippen LogP contribution in [0.1, 0.15) is 44.2 Å². The number of hydrogen-bond donors (Lipinski definition) is 1. The van der Waals surface area contributed by atoms with E-state index in [1.807, 2.05) is 0 Å². The van der Waals surface area contributed by atoms with Gasteiger partial charge < -0.3 is 9.51 Å². The number of aliphatic hydroxyl groups excluding tert-OH is 1. The van der Waals surface area contributed by atoms with Crippen molar-refractivity contribution in [3.63, 3.8) is 0 Å². The molecular formula is C29H27IrN2O2-. The van der Waals surface area contributed by atoms with Crippen molar-refractivity contribution in [2.75, 3.05) is 0 Å². The maximum atomic E-state index is 10.0. The molecular weight excluding hydrogens is 601 g/mol. The number of rotatable bonds is 2. The van der Waals surface area contributed by atoms with Crippen molar-refractivity contribution in [1.29, 1.82) is 0 Å². The van der Waals surface area contributed by atoms with Crippen molar-refractivity contribution in [3.05, 3.63) is 95.1 Å². The number of carbonyl (C=O) groups is 1. The fourth-order valence-electron chi connectivity index (χ4n) is 3.65. The number of carbonyl (C=O) groups excluding carboxylic acids is 1. The van der Waals surface area contributed by atoms with E-state index in [-0.39, 0.29) is 125 Å². The van der Waals surface area contributed by atoms with Gasteiger partial charge in [-0.3, -0.25) is 9.78 Å². The molecule has 0 amide bonds. The second kappa shape index (κ2) is 10.3. The van der Waals surface area contributed by atoms with Crippen molar-refractivity contribution >= 4 is 33.1 Å². The summed E-state index contributed by atoms with van der Waals surface area (Å²) >= 11 is 0. The van der Waals surface area contributed by atoms with Gasteiger partial charge in [-0.15, -0.1) is 29.6 Å². The van der Waals surface area contributed by atoms with Crippen molar-refractivity contribution in [2.24, 2.45) is 0 Å². The second-order valence-electron chi connectivity index (χ2n) is 7.60. The third kappa shape index (κ3) is 4.82. The molecule has 2 heterocycles. The van der Waals surface area contributed by atoms with Gasteiger partial charge in [-0.1, -0.05) is 41.2 Å². The number of fused-ring (bicyclic) bond motifs is 6. The first-order valence-corrected chi connectivity index (χ1v) is 10.1. The van der Waals surface area contributed by atoms with Gasteiger partial charge in [0.15, 0.2) is 5.78 Å². The average Bonchev–Trinajstić information content (AvgIpc) is 3.27. The largest absolute Gasteiger partial charge is 0.512 e. The number of aromatic nitrogens is 2. The van der Waals surface area contributed by atoms with Crippen LogP contribution in [0.3, 0.4) is 0 Å². The molecule has 0 saturated heterocycles. The predicted molar refractivity (Wildman–Crippen MR) is 136 cm³/mol. The minimum Gasteiger partial charge on any atom is -0.512 e. The van der Waals surface area contributed by atoms with E-state index in [9.17, 15) is 4.79 Å². The molecule has 0 aliphatic carbocycles. The molecule has 5 aromatic rings. The third-order valence-electron chi connectivity index (χ3n) is 4.90. The molecule has 3 aromatic carbocycles. The number of nitrogens with zero attached hydrogens (tertiary/aromatic N) is 2. The third-order valence-corrected chi connectivity index (χ3v) is 4.90. The molecule has 0 fully saturated rings. The van der Waals surface area contributed by atoms with E-state index >= 15 is 0 Å². The zero-order valence-electron chi connectivity index (χ0n) is 29.2. The van der Waals surface area contributed by atoms with Crippen LogP contribution in [-0.4, -0.2) is 20.3 Å². The van der Waals surface area contributed by atoms with Gasteiger partial charge in [-0.25, -0.2) is 0 Å². The summed E-state index contributed by atoms with van der Waals surface area (Å²) < 4.78 is 85.9. The number of allylic oxidation sites excluding steroid dienone is 2. The SMILES string of the molecule is CC(=O)/C=C(/C)O.[2H]c1[c-]c2c(c([2H])c1[2H])c1c([2H])c(C)c([2H])c([2H])c1n1c(-c3c(C)c([2H])c([2H])c([2H])c3C)c([2H])nc21.[Ir]. The van der Waals surface area contributed by atoms with Crippen LogP contribution in [0.15, 0.2) is 72.4 Å². The first-order valence-electron chi connectivity index (χ1n) is 15.1. The van der Waals surface area contributed by atoms with E-state index in [0.29, 0.717) is 16.7 Å². The molecule has 0 bridgehead atoms. The standard InChI is InChI=1S/C24H19N2.C5H8O2.Ir/c1-15-11-12-21-20(13-15)18-9-4-5-10-19(18)24-25-14-22(26(21)24)23-16(2)7-6-8-17(23)3;1-4(6)3-5(2)7;/h4-9,11-14H,1-3H3;3,6H,1-2H3;/q-1;;/b;4-3-;/i4D,5D,6D,7D,8D,9D,11D,12D,13D,14D;;. The molecule has 34 heavy (non-hydrogen) atoms. The van der Waals surface area contributed by atoms with Crippen LogP contribution in [0, 0.1) is 26.8 Å². The number of benzene rings is 3. The minimum absolute atomic E-state index is 0. The summed E-state index contributed by atoms with van der Waals surface area (Å²) in [5.74, 6) is -0.0625. The maximum absolute atomic E-state index is 10.0. The van der Waals surface area contributed by atoms with Crippen LogP contribution in [0.2, 0.25) is 0 Å². The summed E-state index contributed by atoms with van der Waals surface area (Å²) in [6.45, 7) is 7.58. The summed E-state index contributed by atoms with van der Waals surface area (Å²) in [5.41, 5.74) is 1.39. The summed E-state index contributed by atoms with van der Waals surface area (Å²) in [6, 6.07) is 0.441. The Morgan fingerprint density at radius 3 is 2.38 bits per heavy atom. The second-order valence-corrected chi connectivity index (χ2v) is 7.60. The first-order chi connectivity index (χ1) is 19.9. The number of imidazole rings is 1. The number of aliphatic hydroxyl groups is 1. The first kappa shape index (κ1) is 14.9. The van der Waals surface area contributed by atoms with E-state index in [0.717, 1.165) is 0 Å². The number of ketones is 1. The van der Waals surface area contributed by atoms with E-state index in [2.05, 4.69) is 11.1 Å². The molecule has 1 N–H and O–H groups in total. The molecule has 5 rings (SSSR count). The van der Waals surface area contributed by atoms with Gasteiger partial charge in [0.05, 0.1) is 26.7 Å². The summed E-state index contributed by atoms with van der Waals surface area (Å²) in [7, 11) is 0. The van der Waals surface area contributed by atoms with Gasteiger partial charge in [0.2, 0.25) is 0 Å². The van der Waals surface area contributed by atoms with Crippen molar-refractivity contribution in [2.45, 2.75) is 34.6 Å². The van der Waals surface area contributed by atoms with Crippen LogP contribution < -0.4 is 0 Å². The molecule has 4 nitrogen and oxygen atoms in total. The Kier molecular flexibility index (Phi) is 4.52. The van der Waals surface area contributed by atoms with E-state index in [4.69, 9.17) is 18.8 Å². The van der Waals surface area contributed by atoms with E-state index < -0.39 is 6.04 Å². The molecule has 0 aliphatic rings. The Morgan fingerprint density at radius 1 is 1.06 bits per heavy atom. The monoisotopic (exact) mass is 638 g/mol. The quantitative estimate of drug-likeness (QED) is 0.0976. The Balaban J connectivity index is 0.000000594. The van der Waals surface area contributed by atoms with Gasteiger partial charge in [0, 0.05) is 46.2 Å². The van der Waals surface area contributed by atoms with Crippen LogP contribution in [-0.2, 0) is 24.9 Å². The Bertz CT molecular complexity index is 2040. The summed E-state index contributed by atoms with van der Waals surface area (Å²) in [5, 5.41) is 8.69. The van der Waals surface area contributed by atoms with E-state index in [1.54, 1.807) is 13.8 Å². The van der Waals surface area contributed by atoms with Crippen LogP contribution in [0.25, 0.3) is 38.6 Å². The molecule has 1 radical (unpaired) electrons. The summed E-state index contributed by atoms with van der Waals surface area (Å²) in [4.78, 5) is 14.4. The molecule has 0 atom stereocenters. The topological polar surface area (TPSA) is 54.6 Å². The number of hydrogen-bond acceptors (Lipinski definition) is 3. The van der Waals surface area contributed by atoms with Gasteiger partial charge >= 0.3 is 0 Å². The van der Waals surface area contributed by atoms with Crippen LogP contribution in [0.4, 0.5) is 0 Å². The Hall–Kier alpha value is -3.27. The Morgan fingerprint density at radius 2 is 1.76 bits per heavy atom. The zero-order chi connectivity index (χ0) is 32.4. The minimum atomic E-state index is -0.403. The van der Waals surface area contributed by atoms with Gasteiger partial charge in [0.25, 0.3) is 0 Å². The molecule has 0 spiro atoms. The zero-order valence-corrected chi connectivity index (χ0v) is 21.6. The molecule has 0 saturated carbocycles. The smallest absolute Gasteiger partial charge is 0.155 e. The van der Waals surface area contributed by atoms with E-state index in [1.165, 1.54) is 31.2 Å². The van der Waals surface area contributed by atoms with Gasteiger partial charge in [0.1, 0.15) is 0 Å². The fraction of sp³-hybridized carbons (Fsp3) is 0.172. The van der Waals surface area contributed by atoms with Gasteiger partial charge in [-0.05, 0) is 58.5 Å².